The monoisotopic (exact) mass is 251 g/mol. The largest absolute Gasteiger partial charge is 0.433 e. The van der Waals surface area contributed by atoms with Crippen LogP contribution in [-0.4, -0.2) is 26.3 Å². The zero-order chi connectivity index (χ0) is 13.0. The molecule has 2 aromatic heterocycles. The van der Waals surface area contributed by atoms with Crippen LogP contribution in [0.1, 0.15) is 13.8 Å². The highest BCUT2D eigenvalue weighted by atomic mass is 19.1. The van der Waals surface area contributed by atoms with Crippen molar-refractivity contribution in [3.8, 4) is 11.6 Å². The predicted molar refractivity (Wildman–Crippen MR) is 64.1 cm³/mol. The lowest BCUT2D eigenvalue weighted by Crippen LogP contribution is -2.04. The van der Waals surface area contributed by atoms with Crippen LogP contribution in [-0.2, 0) is 6.54 Å². The molecule has 0 fully saturated rings. The van der Waals surface area contributed by atoms with Crippen molar-refractivity contribution < 1.29 is 9.13 Å². The molecular weight excluding hydrogens is 237 g/mol. The first-order valence-electron chi connectivity index (χ1n) is 5.69. The summed E-state index contributed by atoms with van der Waals surface area (Å²) < 4.78 is 20.5. The Hall–Kier alpha value is -2.18. The van der Waals surface area contributed by atoms with Gasteiger partial charge in [-0.15, -0.1) is 0 Å². The molecule has 7 heteroatoms. The number of hydrogen-bond donors (Lipinski definition) is 1. The van der Waals surface area contributed by atoms with Gasteiger partial charge in [-0.3, -0.25) is 4.68 Å². The quantitative estimate of drug-likeness (QED) is 0.881. The van der Waals surface area contributed by atoms with Gasteiger partial charge in [0.2, 0.25) is 11.8 Å². The molecule has 6 nitrogen and oxygen atoms in total. The Balaban J connectivity index is 2.19. The van der Waals surface area contributed by atoms with E-state index >= 15 is 0 Å². The van der Waals surface area contributed by atoms with Crippen LogP contribution in [0.15, 0.2) is 18.6 Å². The van der Waals surface area contributed by atoms with E-state index in [4.69, 9.17) is 4.74 Å². The van der Waals surface area contributed by atoms with Crippen molar-refractivity contribution in [2.75, 3.05) is 11.9 Å². The Bertz CT molecular complexity index is 528. The minimum Gasteiger partial charge on any atom is -0.433 e. The Kier molecular flexibility index (Phi) is 3.71. The first kappa shape index (κ1) is 12.3. The van der Waals surface area contributed by atoms with Crippen LogP contribution in [0.25, 0.3) is 0 Å². The first-order chi connectivity index (χ1) is 8.72. The van der Waals surface area contributed by atoms with Gasteiger partial charge < -0.3 is 10.1 Å². The highest BCUT2D eigenvalue weighted by Gasteiger charge is 2.10. The van der Waals surface area contributed by atoms with Gasteiger partial charge in [0, 0.05) is 13.1 Å². The van der Waals surface area contributed by atoms with Gasteiger partial charge in [-0.25, -0.2) is 4.98 Å². The van der Waals surface area contributed by atoms with E-state index in [0.29, 0.717) is 18.2 Å². The standard InChI is InChI=1S/C11H14FN5O/c1-3-13-11-14-6-9(12)10(16-11)18-8-5-15-17(4-2)7-8/h5-7H,3-4H2,1-2H3,(H,13,14,16). The summed E-state index contributed by atoms with van der Waals surface area (Å²) >= 11 is 0. The van der Waals surface area contributed by atoms with E-state index in [1.807, 2.05) is 13.8 Å². The summed E-state index contributed by atoms with van der Waals surface area (Å²) in [7, 11) is 0. The molecule has 0 saturated carbocycles. The van der Waals surface area contributed by atoms with Crippen molar-refractivity contribution >= 4 is 5.95 Å². The van der Waals surface area contributed by atoms with E-state index in [0.717, 1.165) is 12.7 Å². The summed E-state index contributed by atoms with van der Waals surface area (Å²) in [5.74, 6) is 0.0474. The van der Waals surface area contributed by atoms with Crippen LogP contribution in [0.4, 0.5) is 10.3 Å². The van der Waals surface area contributed by atoms with Crippen LogP contribution in [0.3, 0.4) is 0 Å². The number of nitrogens with zero attached hydrogens (tertiary/aromatic N) is 4. The summed E-state index contributed by atoms with van der Waals surface area (Å²) in [5.41, 5.74) is 0. The van der Waals surface area contributed by atoms with E-state index in [1.54, 1.807) is 10.9 Å². The topological polar surface area (TPSA) is 64.9 Å². The molecule has 0 unspecified atom stereocenters. The normalized spacial score (nSPS) is 10.4. The van der Waals surface area contributed by atoms with Gasteiger partial charge >= 0.3 is 0 Å². The van der Waals surface area contributed by atoms with Crippen LogP contribution in [0, 0.1) is 5.82 Å². The maximum atomic E-state index is 13.5. The molecule has 18 heavy (non-hydrogen) atoms. The number of rotatable bonds is 5. The summed E-state index contributed by atoms with van der Waals surface area (Å²) in [6.45, 7) is 5.22. The number of anilines is 1. The molecule has 96 valence electrons. The lowest BCUT2D eigenvalue weighted by atomic mass is 10.5. The summed E-state index contributed by atoms with van der Waals surface area (Å²) in [4.78, 5) is 7.73. The molecule has 0 atom stereocenters. The fraction of sp³-hybridized carbons (Fsp3) is 0.364. The molecule has 0 aliphatic carbocycles. The number of hydrogen-bond acceptors (Lipinski definition) is 5. The molecule has 0 amide bonds. The number of halogens is 1. The van der Waals surface area contributed by atoms with Crippen LogP contribution >= 0.6 is 0 Å². The maximum Gasteiger partial charge on any atom is 0.260 e. The second-order valence-electron chi connectivity index (χ2n) is 3.51. The second kappa shape index (κ2) is 5.44. The second-order valence-corrected chi connectivity index (χ2v) is 3.51. The molecule has 0 saturated heterocycles. The Morgan fingerprint density at radius 1 is 1.39 bits per heavy atom. The molecule has 0 aliphatic rings. The Labute approximate surface area is 104 Å². The number of nitrogens with one attached hydrogen (secondary N) is 1. The SMILES string of the molecule is CCNc1ncc(F)c(Oc2cnn(CC)c2)n1. The van der Waals surface area contributed by atoms with E-state index in [1.165, 1.54) is 6.20 Å². The minimum atomic E-state index is -0.610. The van der Waals surface area contributed by atoms with Crippen LogP contribution in [0.5, 0.6) is 11.6 Å². The van der Waals surface area contributed by atoms with Gasteiger partial charge in [0.05, 0.1) is 18.6 Å². The fourth-order valence-electron chi connectivity index (χ4n) is 1.35. The summed E-state index contributed by atoms with van der Waals surface area (Å²) in [6.07, 6.45) is 4.26. The van der Waals surface area contributed by atoms with E-state index in [-0.39, 0.29) is 5.88 Å². The molecule has 2 rings (SSSR count). The number of aryl methyl sites for hydroxylation is 1. The maximum absolute atomic E-state index is 13.5. The summed E-state index contributed by atoms with van der Waals surface area (Å²) in [5, 5.41) is 6.92. The van der Waals surface area contributed by atoms with Gasteiger partial charge in [-0.1, -0.05) is 0 Å². The van der Waals surface area contributed by atoms with Gasteiger partial charge in [0.15, 0.2) is 5.75 Å². The van der Waals surface area contributed by atoms with Crippen LogP contribution < -0.4 is 10.1 Å². The highest BCUT2D eigenvalue weighted by molar-refractivity contribution is 5.30. The third-order valence-corrected chi connectivity index (χ3v) is 2.19. The van der Waals surface area contributed by atoms with Crippen molar-refractivity contribution in [2.45, 2.75) is 20.4 Å². The van der Waals surface area contributed by atoms with Gasteiger partial charge in [0.25, 0.3) is 5.88 Å². The van der Waals surface area contributed by atoms with Crippen molar-refractivity contribution in [1.29, 1.82) is 0 Å². The highest BCUT2D eigenvalue weighted by Crippen LogP contribution is 2.22. The molecule has 0 aliphatic heterocycles. The zero-order valence-corrected chi connectivity index (χ0v) is 10.2. The molecule has 2 heterocycles. The van der Waals surface area contributed by atoms with Crippen molar-refractivity contribution in [2.24, 2.45) is 0 Å². The molecule has 0 spiro atoms. The average molecular weight is 251 g/mol. The molecule has 0 aromatic carbocycles. The van der Waals surface area contributed by atoms with Gasteiger partial charge in [0.1, 0.15) is 0 Å². The van der Waals surface area contributed by atoms with E-state index in [9.17, 15) is 4.39 Å². The number of ether oxygens (including phenoxy) is 1. The lowest BCUT2D eigenvalue weighted by Gasteiger charge is -2.05. The number of aromatic nitrogens is 4. The van der Waals surface area contributed by atoms with Gasteiger partial charge in [-0.05, 0) is 13.8 Å². The van der Waals surface area contributed by atoms with Gasteiger partial charge in [-0.2, -0.15) is 14.5 Å². The molecule has 2 aromatic rings. The molecule has 0 bridgehead atoms. The van der Waals surface area contributed by atoms with Crippen molar-refractivity contribution in [3.05, 3.63) is 24.4 Å². The van der Waals surface area contributed by atoms with Crippen molar-refractivity contribution in [1.82, 2.24) is 19.7 Å². The Morgan fingerprint density at radius 2 is 2.22 bits per heavy atom. The summed E-state index contributed by atoms with van der Waals surface area (Å²) in [6, 6.07) is 0. The van der Waals surface area contributed by atoms with E-state index < -0.39 is 5.82 Å². The third kappa shape index (κ3) is 2.73. The van der Waals surface area contributed by atoms with Crippen molar-refractivity contribution in [3.63, 3.8) is 0 Å². The predicted octanol–water partition coefficient (Wildman–Crippen LogP) is 2.06. The minimum absolute atomic E-state index is 0.114. The fourth-order valence-corrected chi connectivity index (χ4v) is 1.35. The molecule has 1 N–H and O–H groups in total. The zero-order valence-electron chi connectivity index (χ0n) is 10.2. The molecular formula is C11H14FN5O. The molecule has 0 radical (unpaired) electrons. The third-order valence-electron chi connectivity index (χ3n) is 2.19. The lowest BCUT2D eigenvalue weighted by molar-refractivity contribution is 0.420. The first-order valence-corrected chi connectivity index (χ1v) is 5.69. The smallest absolute Gasteiger partial charge is 0.260 e. The Morgan fingerprint density at radius 3 is 2.89 bits per heavy atom. The van der Waals surface area contributed by atoms with Crippen LogP contribution in [0.2, 0.25) is 0 Å². The average Bonchev–Trinajstić information content (AvgIpc) is 2.81. The van der Waals surface area contributed by atoms with E-state index in [2.05, 4.69) is 20.4 Å².